The van der Waals surface area contributed by atoms with Crippen molar-refractivity contribution in [3.8, 4) is 22.5 Å². The van der Waals surface area contributed by atoms with Gasteiger partial charge in [-0.25, -0.2) is 9.97 Å². The summed E-state index contributed by atoms with van der Waals surface area (Å²) in [7, 11) is 2.00. The van der Waals surface area contributed by atoms with Crippen LogP contribution >= 0.6 is 0 Å². The van der Waals surface area contributed by atoms with Gasteiger partial charge in [0.05, 0.1) is 22.1 Å². The fourth-order valence-electron chi connectivity index (χ4n) is 8.20. The van der Waals surface area contributed by atoms with E-state index >= 15 is 0 Å². The number of amidine groups is 2. The van der Waals surface area contributed by atoms with Crippen LogP contribution in [0.4, 0.5) is 0 Å². The minimum atomic E-state index is -0.199. The number of benzene rings is 4. The summed E-state index contributed by atoms with van der Waals surface area (Å²) in [5.41, 5.74) is 9.28. The van der Waals surface area contributed by atoms with E-state index in [0.29, 0.717) is 45.9 Å². The van der Waals surface area contributed by atoms with Crippen LogP contribution < -0.4 is 10.6 Å². The predicted octanol–water partition coefficient (Wildman–Crippen LogP) is 8.29. The molecule has 11 nitrogen and oxygen atoms in total. The molecule has 0 bridgehead atoms. The van der Waals surface area contributed by atoms with Crippen LogP contribution in [0.2, 0.25) is 0 Å². The Morgan fingerprint density at radius 2 is 0.946 bits per heavy atom. The number of ketones is 2. The van der Waals surface area contributed by atoms with Crippen LogP contribution in [0.3, 0.4) is 0 Å². The summed E-state index contributed by atoms with van der Waals surface area (Å²) in [5.74, 6) is 0.912. The van der Waals surface area contributed by atoms with Gasteiger partial charge in [0, 0.05) is 52.8 Å². The molecule has 0 amide bonds. The van der Waals surface area contributed by atoms with Gasteiger partial charge in [0.1, 0.15) is 11.7 Å². The van der Waals surface area contributed by atoms with Gasteiger partial charge in [0.15, 0.2) is 11.6 Å². The van der Waals surface area contributed by atoms with Crippen molar-refractivity contribution in [2.45, 2.75) is 63.5 Å². The van der Waals surface area contributed by atoms with Crippen LogP contribution in [0.1, 0.15) is 94.9 Å². The van der Waals surface area contributed by atoms with E-state index in [9.17, 15) is 9.59 Å². The molecule has 0 aliphatic heterocycles. The number of hydrogen-bond donors (Lipinski definition) is 6. The van der Waals surface area contributed by atoms with Gasteiger partial charge < -0.3 is 25.2 Å². The molecule has 3 heterocycles. The van der Waals surface area contributed by atoms with Crippen molar-refractivity contribution in [3.63, 3.8) is 0 Å². The van der Waals surface area contributed by atoms with E-state index < -0.39 is 0 Å². The van der Waals surface area contributed by atoms with Crippen molar-refractivity contribution in [1.82, 2.24) is 35.1 Å². The smallest absolute Gasteiger partial charge is 0.228 e. The van der Waals surface area contributed by atoms with Crippen molar-refractivity contribution < 1.29 is 9.59 Å². The highest BCUT2D eigenvalue weighted by Crippen LogP contribution is 2.30. The van der Waals surface area contributed by atoms with Crippen LogP contribution in [0.25, 0.3) is 44.6 Å². The molecule has 0 radical (unpaired) electrons. The number of aromatic nitrogens is 5. The molecule has 56 heavy (non-hydrogen) atoms. The highest BCUT2D eigenvalue weighted by molar-refractivity contribution is 6.09. The first-order valence-electron chi connectivity index (χ1n) is 19.4. The van der Waals surface area contributed by atoms with Gasteiger partial charge in [-0.2, -0.15) is 0 Å². The SMILES string of the molecule is Cn1c(-c2ccc(C(=O)c3nc4cc(C(=N)NC5CCCC5)ccc4[nH]3)cc2)ccc1-c1ccc(C(=O)c2nc3cc(C(=N)NC4CCCC4)ccc3[nH]2)cc1. The quantitative estimate of drug-likeness (QED) is 0.0469. The molecule has 0 atom stereocenters. The first-order valence-corrected chi connectivity index (χ1v) is 19.4. The maximum Gasteiger partial charge on any atom is 0.228 e. The number of rotatable bonds is 10. The largest absolute Gasteiger partial charge is 0.367 e. The predicted molar refractivity (Wildman–Crippen MR) is 220 cm³/mol. The zero-order valence-corrected chi connectivity index (χ0v) is 31.2. The highest BCUT2D eigenvalue weighted by atomic mass is 16.1. The third-order valence-electron chi connectivity index (χ3n) is 11.4. The lowest BCUT2D eigenvalue weighted by molar-refractivity contribution is 0.102. The molecule has 0 saturated heterocycles. The topological polar surface area (TPSA) is 168 Å². The Hall–Kier alpha value is -6.62. The number of H-pyrrole nitrogens is 2. The number of imidazole rings is 2. The Bertz CT molecular complexity index is 2450. The van der Waals surface area contributed by atoms with Crippen LogP contribution in [0.5, 0.6) is 0 Å². The Kier molecular flexibility index (Phi) is 9.12. The molecule has 2 saturated carbocycles. The van der Waals surface area contributed by atoms with E-state index in [-0.39, 0.29) is 23.2 Å². The average molecular weight is 742 g/mol. The number of carbonyl (C=O) groups is 2. The van der Waals surface area contributed by atoms with Crippen molar-refractivity contribution in [2.75, 3.05) is 0 Å². The number of hydrogen-bond acceptors (Lipinski definition) is 6. The second-order valence-corrected chi connectivity index (χ2v) is 15.1. The van der Waals surface area contributed by atoms with E-state index in [2.05, 4.69) is 35.1 Å². The number of aromatic amines is 2. The summed E-state index contributed by atoms with van der Waals surface area (Å²) in [6, 6.07) is 31.1. The van der Waals surface area contributed by atoms with E-state index in [1.807, 2.05) is 104 Å². The van der Waals surface area contributed by atoms with E-state index in [0.717, 1.165) is 70.4 Å². The van der Waals surface area contributed by atoms with E-state index in [1.165, 1.54) is 25.7 Å². The molecule has 2 fully saturated rings. The van der Waals surface area contributed by atoms with Crippen LogP contribution in [0.15, 0.2) is 97.1 Å². The molecule has 4 aromatic carbocycles. The van der Waals surface area contributed by atoms with E-state index in [1.54, 1.807) is 0 Å². The first-order chi connectivity index (χ1) is 27.3. The lowest BCUT2D eigenvalue weighted by Crippen LogP contribution is -2.32. The molecule has 280 valence electrons. The fraction of sp³-hybridized carbons (Fsp3) is 0.244. The van der Waals surface area contributed by atoms with Crippen LogP contribution in [-0.2, 0) is 7.05 Å². The summed E-state index contributed by atoms with van der Waals surface area (Å²) in [6.45, 7) is 0. The molecule has 11 heteroatoms. The maximum atomic E-state index is 13.5. The molecular weight excluding hydrogens is 699 g/mol. The first kappa shape index (κ1) is 35.1. The summed E-state index contributed by atoms with van der Waals surface area (Å²) >= 11 is 0. The Morgan fingerprint density at radius 3 is 1.34 bits per heavy atom. The Balaban J connectivity index is 0.866. The third kappa shape index (κ3) is 6.81. The van der Waals surface area contributed by atoms with Gasteiger partial charge in [0.2, 0.25) is 11.6 Å². The van der Waals surface area contributed by atoms with Crippen molar-refractivity contribution in [3.05, 3.63) is 131 Å². The standard InChI is InChI=1S/C45H43N9O2/c1-54-38(26-10-14-28(15-11-26)40(55)44-50-34-20-18-30(24-36(34)52-44)42(46)48-32-6-2-3-7-32)22-23-39(54)27-12-16-29(17-13-27)41(56)45-51-35-21-19-31(25-37(35)53-45)43(47)49-33-8-4-5-9-33/h10-25,32-33H,2-9H2,1H3,(H2,46,48)(H2,47,49)(H,50,52)(H,51,53). The number of fused-ring (bicyclic) bond motifs is 2. The second kappa shape index (κ2) is 14.6. The summed E-state index contributed by atoms with van der Waals surface area (Å²) in [5, 5.41) is 23.7. The molecular formula is C45H43N9O2. The van der Waals surface area contributed by atoms with E-state index in [4.69, 9.17) is 10.8 Å². The van der Waals surface area contributed by atoms with Gasteiger partial charge in [-0.05, 0) is 85.3 Å². The summed E-state index contributed by atoms with van der Waals surface area (Å²) < 4.78 is 2.10. The van der Waals surface area contributed by atoms with Gasteiger partial charge in [0.25, 0.3) is 0 Å². The van der Waals surface area contributed by atoms with Gasteiger partial charge in [-0.1, -0.05) is 74.2 Å². The van der Waals surface area contributed by atoms with Crippen molar-refractivity contribution >= 4 is 45.3 Å². The normalized spacial score (nSPS) is 14.8. The second-order valence-electron chi connectivity index (χ2n) is 15.1. The monoisotopic (exact) mass is 741 g/mol. The minimum absolute atomic E-state index is 0.199. The molecule has 0 spiro atoms. The molecule has 2 aliphatic carbocycles. The van der Waals surface area contributed by atoms with Crippen LogP contribution in [-0.4, -0.2) is 59.8 Å². The fourth-order valence-corrected chi connectivity index (χ4v) is 8.20. The molecule has 9 rings (SSSR count). The third-order valence-corrected chi connectivity index (χ3v) is 11.4. The molecule has 2 aliphatic rings. The minimum Gasteiger partial charge on any atom is -0.367 e. The maximum absolute atomic E-state index is 13.5. The lowest BCUT2D eigenvalue weighted by Gasteiger charge is -2.14. The molecule has 6 N–H and O–H groups in total. The Labute approximate surface area is 324 Å². The molecule has 7 aromatic rings. The van der Waals surface area contributed by atoms with Crippen molar-refractivity contribution in [2.24, 2.45) is 7.05 Å². The van der Waals surface area contributed by atoms with Gasteiger partial charge in [-0.15, -0.1) is 0 Å². The zero-order valence-electron chi connectivity index (χ0n) is 31.2. The molecule has 0 unspecified atom stereocenters. The number of nitrogens with one attached hydrogen (secondary N) is 6. The zero-order chi connectivity index (χ0) is 38.3. The summed E-state index contributed by atoms with van der Waals surface area (Å²) in [6.07, 6.45) is 9.15. The Morgan fingerprint density at radius 1 is 0.571 bits per heavy atom. The van der Waals surface area contributed by atoms with Crippen molar-refractivity contribution in [1.29, 1.82) is 10.8 Å². The lowest BCUT2D eigenvalue weighted by atomic mass is 10.1. The molecule has 3 aromatic heterocycles. The van der Waals surface area contributed by atoms with Crippen LogP contribution in [0, 0.1) is 10.8 Å². The van der Waals surface area contributed by atoms with Gasteiger partial charge in [-0.3, -0.25) is 20.4 Å². The highest BCUT2D eigenvalue weighted by Gasteiger charge is 2.21. The number of carbonyl (C=O) groups excluding carboxylic acids is 2. The number of nitrogens with zero attached hydrogens (tertiary/aromatic N) is 3. The van der Waals surface area contributed by atoms with Gasteiger partial charge >= 0.3 is 0 Å². The summed E-state index contributed by atoms with van der Waals surface area (Å²) in [4.78, 5) is 42.5. The average Bonchev–Trinajstić information content (AvgIpc) is 4.08.